The van der Waals surface area contributed by atoms with Crippen LogP contribution in [0.15, 0.2) is 18.2 Å². The fourth-order valence-corrected chi connectivity index (χ4v) is 2.45. The Bertz CT molecular complexity index is 428. The van der Waals surface area contributed by atoms with Gasteiger partial charge in [-0.05, 0) is 30.9 Å². The summed E-state index contributed by atoms with van der Waals surface area (Å²) in [4.78, 5) is 13.8. The van der Waals surface area contributed by atoms with E-state index in [2.05, 4.69) is 36.9 Å². The van der Waals surface area contributed by atoms with Crippen LogP contribution in [0.4, 0.5) is 5.69 Å². The standard InChI is InChI=1S/C14H19NO2/c1-4-11-7-5-6-10(2)13(11)15-9-8-12(15)14(16)17-3/h5-7,12H,4,8-9H2,1-3H3. The zero-order chi connectivity index (χ0) is 12.4. The third kappa shape index (κ3) is 2.02. The molecule has 1 aliphatic heterocycles. The molecule has 0 bridgehead atoms. The second kappa shape index (κ2) is 4.78. The van der Waals surface area contributed by atoms with Crippen molar-refractivity contribution in [1.29, 1.82) is 0 Å². The molecule has 0 radical (unpaired) electrons. The van der Waals surface area contributed by atoms with Crippen molar-refractivity contribution in [3.05, 3.63) is 29.3 Å². The molecule has 1 unspecified atom stereocenters. The van der Waals surface area contributed by atoms with Crippen molar-refractivity contribution in [2.75, 3.05) is 18.6 Å². The first kappa shape index (κ1) is 12.0. The Balaban J connectivity index is 2.31. The van der Waals surface area contributed by atoms with Crippen LogP contribution < -0.4 is 4.90 Å². The number of rotatable bonds is 3. The van der Waals surface area contributed by atoms with E-state index in [1.54, 1.807) is 0 Å². The summed E-state index contributed by atoms with van der Waals surface area (Å²) in [6.07, 6.45) is 1.88. The first-order valence-corrected chi connectivity index (χ1v) is 6.12. The van der Waals surface area contributed by atoms with E-state index in [1.165, 1.54) is 23.9 Å². The number of ether oxygens (including phenoxy) is 1. The van der Waals surface area contributed by atoms with Crippen LogP contribution in [0.25, 0.3) is 0 Å². The lowest BCUT2D eigenvalue weighted by Gasteiger charge is -2.42. The van der Waals surface area contributed by atoms with Gasteiger partial charge in [0.05, 0.1) is 7.11 Å². The van der Waals surface area contributed by atoms with Crippen LogP contribution in [0, 0.1) is 6.92 Å². The Morgan fingerprint density at radius 2 is 2.29 bits per heavy atom. The van der Waals surface area contributed by atoms with E-state index in [4.69, 9.17) is 4.74 Å². The second-order valence-electron chi connectivity index (χ2n) is 4.46. The lowest BCUT2D eigenvalue weighted by molar-refractivity contribution is -0.143. The summed E-state index contributed by atoms with van der Waals surface area (Å²) in [5.41, 5.74) is 3.76. The second-order valence-corrected chi connectivity index (χ2v) is 4.46. The lowest BCUT2D eigenvalue weighted by atomic mass is 9.96. The normalized spacial score (nSPS) is 18.8. The Morgan fingerprint density at radius 3 is 2.82 bits per heavy atom. The van der Waals surface area contributed by atoms with Crippen LogP contribution in [0.5, 0.6) is 0 Å². The topological polar surface area (TPSA) is 29.5 Å². The number of methoxy groups -OCH3 is 1. The number of hydrogen-bond donors (Lipinski definition) is 0. The van der Waals surface area contributed by atoms with Crippen LogP contribution in [-0.4, -0.2) is 25.7 Å². The Labute approximate surface area is 102 Å². The van der Waals surface area contributed by atoms with Crippen molar-refractivity contribution in [2.45, 2.75) is 32.7 Å². The number of nitrogens with zero attached hydrogens (tertiary/aromatic N) is 1. The van der Waals surface area contributed by atoms with Crippen LogP contribution >= 0.6 is 0 Å². The quantitative estimate of drug-likeness (QED) is 0.750. The lowest BCUT2D eigenvalue weighted by Crippen LogP contribution is -2.53. The molecule has 3 nitrogen and oxygen atoms in total. The monoisotopic (exact) mass is 233 g/mol. The van der Waals surface area contributed by atoms with E-state index in [0.29, 0.717) is 0 Å². The molecule has 92 valence electrons. The molecule has 17 heavy (non-hydrogen) atoms. The van der Waals surface area contributed by atoms with Gasteiger partial charge in [0.2, 0.25) is 0 Å². The highest BCUT2D eigenvalue weighted by Crippen LogP contribution is 2.33. The fourth-order valence-electron chi connectivity index (χ4n) is 2.45. The molecule has 0 aliphatic carbocycles. The first-order chi connectivity index (χ1) is 8.19. The molecule has 1 fully saturated rings. The van der Waals surface area contributed by atoms with Crippen molar-refractivity contribution in [1.82, 2.24) is 0 Å². The maximum atomic E-state index is 11.6. The summed E-state index contributed by atoms with van der Waals surface area (Å²) in [5.74, 6) is -0.124. The number of benzene rings is 1. The van der Waals surface area contributed by atoms with Gasteiger partial charge in [0.15, 0.2) is 0 Å². The minimum atomic E-state index is -0.124. The molecule has 0 spiro atoms. The molecular weight excluding hydrogens is 214 g/mol. The third-order valence-corrected chi connectivity index (χ3v) is 3.48. The molecule has 0 amide bonds. The zero-order valence-electron chi connectivity index (χ0n) is 10.7. The molecule has 1 saturated heterocycles. The average Bonchev–Trinajstić information content (AvgIpc) is 2.30. The van der Waals surface area contributed by atoms with Crippen LogP contribution in [-0.2, 0) is 16.0 Å². The highest BCUT2D eigenvalue weighted by atomic mass is 16.5. The molecule has 0 saturated carbocycles. The number of carbonyl (C=O) groups excluding carboxylic acids is 1. The maximum absolute atomic E-state index is 11.6. The van der Waals surface area contributed by atoms with Crippen molar-refractivity contribution < 1.29 is 9.53 Å². The highest BCUT2D eigenvalue weighted by molar-refractivity contribution is 5.83. The van der Waals surface area contributed by atoms with E-state index < -0.39 is 0 Å². The first-order valence-electron chi connectivity index (χ1n) is 6.12. The Morgan fingerprint density at radius 1 is 1.53 bits per heavy atom. The van der Waals surface area contributed by atoms with Gasteiger partial charge in [-0.1, -0.05) is 25.1 Å². The van der Waals surface area contributed by atoms with Gasteiger partial charge in [0.25, 0.3) is 0 Å². The predicted molar refractivity (Wildman–Crippen MR) is 68.3 cm³/mol. The van der Waals surface area contributed by atoms with Gasteiger partial charge in [-0.25, -0.2) is 4.79 Å². The van der Waals surface area contributed by atoms with Crippen molar-refractivity contribution in [3.8, 4) is 0 Å². The summed E-state index contributed by atoms with van der Waals surface area (Å²) in [6.45, 7) is 5.18. The summed E-state index contributed by atoms with van der Waals surface area (Å²) < 4.78 is 4.84. The third-order valence-electron chi connectivity index (χ3n) is 3.48. The fraction of sp³-hybridized carbons (Fsp3) is 0.500. The van der Waals surface area contributed by atoms with Gasteiger partial charge in [0.1, 0.15) is 6.04 Å². The minimum absolute atomic E-state index is 0.0913. The highest BCUT2D eigenvalue weighted by Gasteiger charge is 2.36. The van der Waals surface area contributed by atoms with Gasteiger partial charge >= 0.3 is 5.97 Å². The molecule has 1 aliphatic rings. The molecule has 3 heteroatoms. The number of anilines is 1. The van der Waals surface area contributed by atoms with Gasteiger partial charge in [0, 0.05) is 12.2 Å². The molecule has 1 aromatic rings. The van der Waals surface area contributed by atoms with Gasteiger partial charge in [-0.15, -0.1) is 0 Å². The zero-order valence-corrected chi connectivity index (χ0v) is 10.7. The number of carbonyl (C=O) groups is 1. The van der Waals surface area contributed by atoms with Gasteiger partial charge in [-0.2, -0.15) is 0 Å². The molecular formula is C14H19NO2. The summed E-state index contributed by atoms with van der Waals surface area (Å²) in [5, 5.41) is 0. The van der Waals surface area contributed by atoms with Crippen LogP contribution in [0.3, 0.4) is 0 Å². The van der Waals surface area contributed by atoms with E-state index in [-0.39, 0.29) is 12.0 Å². The molecule has 1 atom stereocenters. The molecule has 2 rings (SSSR count). The van der Waals surface area contributed by atoms with Gasteiger partial charge in [-0.3, -0.25) is 0 Å². The van der Waals surface area contributed by atoms with E-state index in [9.17, 15) is 4.79 Å². The summed E-state index contributed by atoms with van der Waals surface area (Å²) in [6, 6.07) is 6.21. The number of aryl methyl sites for hydroxylation is 2. The number of esters is 1. The maximum Gasteiger partial charge on any atom is 0.328 e. The molecule has 1 aromatic carbocycles. The molecule has 0 N–H and O–H groups in total. The molecule has 1 heterocycles. The SMILES string of the molecule is CCc1cccc(C)c1N1CCC1C(=O)OC. The van der Waals surface area contributed by atoms with Gasteiger partial charge < -0.3 is 9.64 Å². The number of hydrogen-bond acceptors (Lipinski definition) is 3. The van der Waals surface area contributed by atoms with E-state index in [1.807, 2.05) is 0 Å². The van der Waals surface area contributed by atoms with Crippen molar-refractivity contribution >= 4 is 11.7 Å². The van der Waals surface area contributed by atoms with Crippen LogP contribution in [0.2, 0.25) is 0 Å². The van der Waals surface area contributed by atoms with Crippen LogP contribution in [0.1, 0.15) is 24.5 Å². The minimum Gasteiger partial charge on any atom is -0.467 e. The van der Waals surface area contributed by atoms with E-state index >= 15 is 0 Å². The van der Waals surface area contributed by atoms with Crippen molar-refractivity contribution in [2.24, 2.45) is 0 Å². The average molecular weight is 233 g/mol. The largest absolute Gasteiger partial charge is 0.467 e. The summed E-state index contributed by atoms with van der Waals surface area (Å²) >= 11 is 0. The molecule has 0 aromatic heterocycles. The summed E-state index contributed by atoms with van der Waals surface area (Å²) in [7, 11) is 1.46. The smallest absolute Gasteiger partial charge is 0.328 e. The Kier molecular flexibility index (Phi) is 3.36. The Hall–Kier alpha value is -1.51. The number of para-hydroxylation sites is 1. The predicted octanol–water partition coefficient (Wildman–Crippen LogP) is 2.31. The van der Waals surface area contributed by atoms with E-state index in [0.717, 1.165) is 19.4 Å². The van der Waals surface area contributed by atoms with Crippen molar-refractivity contribution in [3.63, 3.8) is 0 Å².